The summed E-state index contributed by atoms with van der Waals surface area (Å²) in [4.78, 5) is 2.57. The molecule has 0 spiro atoms. The van der Waals surface area contributed by atoms with E-state index in [4.69, 9.17) is 5.73 Å². The van der Waals surface area contributed by atoms with Gasteiger partial charge in [0.1, 0.15) is 0 Å². The van der Waals surface area contributed by atoms with Gasteiger partial charge < -0.3 is 10.6 Å². The van der Waals surface area contributed by atoms with Crippen LogP contribution in [0, 0.1) is 5.41 Å². The molecule has 0 aromatic rings. The van der Waals surface area contributed by atoms with Crippen LogP contribution in [0.2, 0.25) is 0 Å². The molecule has 82 valence electrons. The lowest BCUT2D eigenvalue weighted by Gasteiger charge is -2.25. The first-order chi connectivity index (χ1) is 6.76. The zero-order valence-electron chi connectivity index (χ0n) is 9.47. The molecule has 2 N–H and O–H groups in total. The monoisotopic (exact) mass is 196 g/mol. The molecule has 0 unspecified atom stereocenters. The molecule has 0 aliphatic heterocycles. The summed E-state index contributed by atoms with van der Waals surface area (Å²) in [5.41, 5.74) is 6.35. The second-order valence-corrected chi connectivity index (χ2v) is 5.37. The predicted octanol–water partition coefficient (Wildman–Crippen LogP) is 1.99. The lowest BCUT2D eigenvalue weighted by molar-refractivity contribution is 0.223. The van der Waals surface area contributed by atoms with Crippen molar-refractivity contribution in [3.63, 3.8) is 0 Å². The van der Waals surface area contributed by atoms with Crippen molar-refractivity contribution >= 4 is 0 Å². The number of nitrogens with two attached hydrogens (primary N) is 1. The number of hydrogen-bond donors (Lipinski definition) is 1. The van der Waals surface area contributed by atoms with E-state index < -0.39 is 0 Å². The van der Waals surface area contributed by atoms with Crippen molar-refractivity contribution in [1.82, 2.24) is 4.90 Å². The maximum absolute atomic E-state index is 5.79. The summed E-state index contributed by atoms with van der Waals surface area (Å²) in [7, 11) is 2.29. The highest BCUT2D eigenvalue weighted by atomic mass is 15.1. The van der Waals surface area contributed by atoms with Crippen LogP contribution in [0.4, 0.5) is 0 Å². The summed E-state index contributed by atoms with van der Waals surface area (Å²) in [6.07, 6.45) is 9.81. The minimum Gasteiger partial charge on any atom is -0.330 e. The molecule has 2 heteroatoms. The van der Waals surface area contributed by atoms with Gasteiger partial charge in [0, 0.05) is 6.04 Å². The van der Waals surface area contributed by atoms with Crippen LogP contribution in [0.3, 0.4) is 0 Å². The van der Waals surface area contributed by atoms with Crippen molar-refractivity contribution in [3.05, 3.63) is 0 Å². The maximum atomic E-state index is 5.79. The molecule has 0 radical (unpaired) electrons. The maximum Gasteiger partial charge on any atom is 0.00922 e. The van der Waals surface area contributed by atoms with Crippen molar-refractivity contribution in [2.45, 2.75) is 51.0 Å². The Balaban J connectivity index is 1.69. The Labute approximate surface area is 87.8 Å². The Morgan fingerprint density at radius 2 is 1.93 bits per heavy atom. The molecule has 2 fully saturated rings. The van der Waals surface area contributed by atoms with Gasteiger partial charge in [-0.15, -0.1) is 0 Å². The van der Waals surface area contributed by atoms with E-state index in [0.717, 1.165) is 12.6 Å². The van der Waals surface area contributed by atoms with Gasteiger partial charge in [-0.05, 0) is 57.7 Å². The first-order valence-corrected chi connectivity index (χ1v) is 6.16. The molecule has 0 atom stereocenters. The molecule has 0 heterocycles. The molecule has 0 aromatic carbocycles. The molecule has 0 amide bonds. The lowest BCUT2D eigenvalue weighted by Crippen LogP contribution is -2.32. The van der Waals surface area contributed by atoms with E-state index in [9.17, 15) is 0 Å². The Bertz CT molecular complexity index is 181. The summed E-state index contributed by atoms with van der Waals surface area (Å²) in [6, 6.07) is 0.878. The molecule has 2 rings (SSSR count). The van der Waals surface area contributed by atoms with Crippen LogP contribution < -0.4 is 5.73 Å². The summed E-state index contributed by atoms with van der Waals surface area (Å²) in [5.74, 6) is 0. The van der Waals surface area contributed by atoms with Crippen LogP contribution in [0.1, 0.15) is 44.9 Å². The first kappa shape index (κ1) is 10.4. The van der Waals surface area contributed by atoms with E-state index in [1.165, 1.54) is 51.5 Å². The third kappa shape index (κ3) is 2.29. The highest BCUT2D eigenvalue weighted by molar-refractivity contribution is 4.94. The fraction of sp³-hybridized carbons (Fsp3) is 1.00. The van der Waals surface area contributed by atoms with Gasteiger partial charge in [-0.2, -0.15) is 0 Å². The number of hydrogen-bond acceptors (Lipinski definition) is 2. The second-order valence-electron chi connectivity index (χ2n) is 5.37. The number of nitrogens with zero attached hydrogens (tertiary/aromatic N) is 1. The van der Waals surface area contributed by atoms with E-state index in [-0.39, 0.29) is 0 Å². The van der Waals surface area contributed by atoms with E-state index in [1.54, 1.807) is 0 Å². The van der Waals surface area contributed by atoms with Gasteiger partial charge >= 0.3 is 0 Å². The fourth-order valence-corrected chi connectivity index (χ4v) is 2.67. The van der Waals surface area contributed by atoms with Gasteiger partial charge in [-0.3, -0.25) is 0 Å². The molecule has 14 heavy (non-hydrogen) atoms. The third-order valence-electron chi connectivity index (χ3n) is 4.33. The van der Waals surface area contributed by atoms with Crippen molar-refractivity contribution in [1.29, 1.82) is 0 Å². The highest BCUT2D eigenvalue weighted by Gasteiger charge is 2.40. The van der Waals surface area contributed by atoms with Gasteiger partial charge in [-0.25, -0.2) is 0 Å². The quantitative estimate of drug-likeness (QED) is 0.728. The van der Waals surface area contributed by atoms with E-state index in [1.807, 2.05) is 0 Å². The predicted molar refractivity (Wildman–Crippen MR) is 60.2 cm³/mol. The van der Waals surface area contributed by atoms with E-state index >= 15 is 0 Å². The van der Waals surface area contributed by atoms with Crippen molar-refractivity contribution in [2.24, 2.45) is 11.1 Å². The lowest BCUT2D eigenvalue weighted by atomic mass is 10.0. The van der Waals surface area contributed by atoms with Crippen LogP contribution in [-0.2, 0) is 0 Å². The van der Waals surface area contributed by atoms with Gasteiger partial charge in [0.05, 0.1) is 0 Å². The first-order valence-electron chi connectivity index (χ1n) is 6.16. The zero-order valence-corrected chi connectivity index (χ0v) is 9.47. The zero-order chi connectivity index (χ0) is 10.0. The van der Waals surface area contributed by atoms with Crippen molar-refractivity contribution in [3.8, 4) is 0 Å². The summed E-state index contributed by atoms with van der Waals surface area (Å²) in [6.45, 7) is 2.17. The highest BCUT2D eigenvalue weighted by Crippen LogP contribution is 2.47. The normalized spacial score (nSPS) is 25.9. The van der Waals surface area contributed by atoms with Crippen LogP contribution in [0.5, 0.6) is 0 Å². The van der Waals surface area contributed by atoms with E-state index in [2.05, 4.69) is 11.9 Å². The smallest absolute Gasteiger partial charge is 0.00922 e. The summed E-state index contributed by atoms with van der Waals surface area (Å²) >= 11 is 0. The average Bonchev–Trinajstić information content (AvgIpc) is 2.78. The minimum atomic E-state index is 0.562. The Morgan fingerprint density at radius 3 is 2.43 bits per heavy atom. The molecular weight excluding hydrogens is 172 g/mol. The van der Waals surface area contributed by atoms with Gasteiger partial charge in [0.2, 0.25) is 0 Å². The molecule has 2 nitrogen and oxygen atoms in total. The Kier molecular flexibility index (Phi) is 3.13. The number of rotatable bonds is 5. The molecule has 0 saturated heterocycles. The van der Waals surface area contributed by atoms with Crippen LogP contribution in [-0.4, -0.2) is 31.1 Å². The largest absolute Gasteiger partial charge is 0.330 e. The topological polar surface area (TPSA) is 29.3 Å². The molecule has 2 aliphatic rings. The third-order valence-corrected chi connectivity index (χ3v) is 4.33. The van der Waals surface area contributed by atoms with E-state index in [0.29, 0.717) is 5.41 Å². The summed E-state index contributed by atoms with van der Waals surface area (Å²) < 4.78 is 0. The van der Waals surface area contributed by atoms with Crippen molar-refractivity contribution < 1.29 is 0 Å². The molecular formula is C12H24N2. The molecule has 2 aliphatic carbocycles. The average molecular weight is 196 g/mol. The molecule has 2 saturated carbocycles. The molecule has 0 bridgehead atoms. The SMILES string of the molecule is CN(CCC1(CN)CC1)C1CCCC1. The van der Waals surface area contributed by atoms with Gasteiger partial charge in [-0.1, -0.05) is 12.8 Å². The molecule has 0 aromatic heterocycles. The fourth-order valence-electron chi connectivity index (χ4n) is 2.67. The minimum absolute atomic E-state index is 0.562. The standard InChI is InChI=1S/C12H24N2/c1-14(11-4-2-3-5-11)9-8-12(10-13)6-7-12/h11H,2-10,13H2,1H3. The summed E-state index contributed by atoms with van der Waals surface area (Å²) in [5, 5.41) is 0. The Morgan fingerprint density at radius 1 is 1.29 bits per heavy atom. The van der Waals surface area contributed by atoms with Gasteiger partial charge in [0.25, 0.3) is 0 Å². The second kappa shape index (κ2) is 4.19. The van der Waals surface area contributed by atoms with Crippen molar-refractivity contribution in [2.75, 3.05) is 20.1 Å². The van der Waals surface area contributed by atoms with Crippen LogP contribution in [0.25, 0.3) is 0 Å². The van der Waals surface area contributed by atoms with Crippen LogP contribution >= 0.6 is 0 Å². The van der Waals surface area contributed by atoms with Crippen LogP contribution in [0.15, 0.2) is 0 Å². The van der Waals surface area contributed by atoms with Gasteiger partial charge in [0.15, 0.2) is 0 Å². The Hall–Kier alpha value is -0.0800.